The second-order valence-electron chi connectivity index (χ2n) is 2.99. The van der Waals surface area contributed by atoms with Crippen molar-refractivity contribution in [2.75, 3.05) is 20.1 Å². The number of carbonyl (C=O) groups excluding carboxylic acids is 3. The number of carbonyl (C=O) groups is 3. The molecule has 1 aliphatic heterocycles. The third kappa shape index (κ3) is 1.51. The summed E-state index contributed by atoms with van der Waals surface area (Å²) in [6, 6.07) is -0.630. The van der Waals surface area contributed by atoms with Gasteiger partial charge in [0.2, 0.25) is 0 Å². The van der Waals surface area contributed by atoms with E-state index >= 15 is 0 Å². The van der Waals surface area contributed by atoms with E-state index in [0.717, 1.165) is 9.80 Å². The van der Waals surface area contributed by atoms with Gasteiger partial charge in [0.05, 0.1) is 6.54 Å². The van der Waals surface area contributed by atoms with Crippen LogP contribution in [0.15, 0.2) is 12.2 Å². The molecule has 2 N–H and O–H groups in total. The van der Waals surface area contributed by atoms with Crippen molar-refractivity contribution in [3.63, 3.8) is 0 Å². The Hall–Kier alpha value is -1.69. The fourth-order valence-corrected chi connectivity index (χ4v) is 1.04. The Bertz CT molecular complexity index is 324. The maximum Gasteiger partial charge on any atom is 0.334 e. The van der Waals surface area contributed by atoms with Gasteiger partial charge in [0.15, 0.2) is 0 Å². The zero-order valence-corrected chi connectivity index (χ0v) is 7.82. The van der Waals surface area contributed by atoms with E-state index in [0.29, 0.717) is 5.57 Å². The van der Waals surface area contributed by atoms with E-state index in [2.05, 4.69) is 6.58 Å². The van der Waals surface area contributed by atoms with E-state index in [1.54, 1.807) is 0 Å². The molecule has 6 heteroatoms. The summed E-state index contributed by atoms with van der Waals surface area (Å²) < 4.78 is 0. The summed E-state index contributed by atoms with van der Waals surface area (Å²) in [5.74, 6) is -1.65. The molecule has 0 aromatic carbocycles. The summed E-state index contributed by atoms with van der Waals surface area (Å²) in [5, 5.41) is 0. The van der Waals surface area contributed by atoms with Gasteiger partial charge in [-0.3, -0.25) is 19.4 Å². The van der Waals surface area contributed by atoms with Crippen LogP contribution in [-0.2, 0) is 9.59 Å². The van der Waals surface area contributed by atoms with Crippen molar-refractivity contribution >= 4 is 17.8 Å². The van der Waals surface area contributed by atoms with Crippen molar-refractivity contribution in [3.8, 4) is 0 Å². The van der Waals surface area contributed by atoms with Crippen LogP contribution in [-0.4, -0.2) is 47.8 Å². The van der Waals surface area contributed by atoms with Crippen molar-refractivity contribution in [2.45, 2.75) is 0 Å². The van der Waals surface area contributed by atoms with E-state index < -0.39 is 17.8 Å². The Balaban J connectivity index is 2.80. The minimum atomic E-state index is -0.827. The zero-order chi connectivity index (χ0) is 10.9. The molecule has 0 radical (unpaired) electrons. The largest absolute Gasteiger partial charge is 0.334 e. The summed E-state index contributed by atoms with van der Waals surface area (Å²) in [4.78, 5) is 35.2. The van der Waals surface area contributed by atoms with Gasteiger partial charge in [0.25, 0.3) is 0 Å². The van der Waals surface area contributed by atoms with E-state index in [1.165, 1.54) is 7.05 Å². The quantitative estimate of drug-likeness (QED) is 0.354. The fraction of sp³-hybridized carbons (Fsp3) is 0.375. The Labute approximate surface area is 80.9 Å². The second kappa shape index (κ2) is 3.59. The zero-order valence-electron chi connectivity index (χ0n) is 7.82. The molecule has 1 rings (SSSR count). The number of rotatable bonds is 3. The number of amides is 4. The van der Waals surface area contributed by atoms with Gasteiger partial charge in [0, 0.05) is 13.6 Å². The average molecular weight is 197 g/mol. The van der Waals surface area contributed by atoms with Crippen LogP contribution in [0, 0.1) is 0 Å². The van der Waals surface area contributed by atoms with Gasteiger partial charge in [-0.1, -0.05) is 6.58 Å². The van der Waals surface area contributed by atoms with Gasteiger partial charge in [0.1, 0.15) is 0 Å². The monoisotopic (exact) mass is 197 g/mol. The Morgan fingerprint density at radius 1 is 1.36 bits per heavy atom. The number of imide groups is 2. The molecule has 4 amide bonds. The van der Waals surface area contributed by atoms with Gasteiger partial charge in [-0.2, -0.15) is 0 Å². The van der Waals surface area contributed by atoms with Crippen LogP contribution in [0.3, 0.4) is 0 Å². The fourth-order valence-electron chi connectivity index (χ4n) is 1.04. The molecule has 14 heavy (non-hydrogen) atoms. The minimum absolute atomic E-state index is 0.00421. The smallest absolute Gasteiger partial charge is 0.327 e. The SMILES string of the molecule is C=C(CN)CN1C(=O)C(=O)N(C)C1=O. The van der Waals surface area contributed by atoms with E-state index in [9.17, 15) is 14.4 Å². The molecule has 0 atom stereocenters. The van der Waals surface area contributed by atoms with E-state index in [-0.39, 0.29) is 13.1 Å². The molecule has 76 valence electrons. The normalized spacial score (nSPS) is 16.9. The van der Waals surface area contributed by atoms with Crippen molar-refractivity contribution < 1.29 is 14.4 Å². The first-order valence-electron chi connectivity index (χ1n) is 3.99. The van der Waals surface area contributed by atoms with Crippen LogP contribution in [0.5, 0.6) is 0 Å². The molecule has 0 unspecified atom stereocenters. The number of nitrogens with zero attached hydrogens (tertiary/aromatic N) is 2. The first kappa shape index (κ1) is 10.4. The molecule has 0 aromatic rings. The Kier molecular flexibility index (Phi) is 2.66. The number of hydrogen-bond donors (Lipinski definition) is 1. The number of hydrogen-bond acceptors (Lipinski definition) is 4. The van der Waals surface area contributed by atoms with Crippen LogP contribution in [0.1, 0.15) is 0 Å². The van der Waals surface area contributed by atoms with Gasteiger partial charge >= 0.3 is 17.8 Å². The summed E-state index contributed by atoms with van der Waals surface area (Å²) in [6.45, 7) is 3.73. The summed E-state index contributed by atoms with van der Waals surface area (Å²) >= 11 is 0. The van der Waals surface area contributed by atoms with Gasteiger partial charge < -0.3 is 5.73 Å². The number of urea groups is 1. The van der Waals surface area contributed by atoms with Crippen LogP contribution >= 0.6 is 0 Å². The molecule has 1 saturated heterocycles. The van der Waals surface area contributed by atoms with Gasteiger partial charge in [-0.05, 0) is 5.57 Å². The molecular formula is C8H11N3O3. The van der Waals surface area contributed by atoms with E-state index in [1.807, 2.05) is 0 Å². The second-order valence-corrected chi connectivity index (χ2v) is 2.99. The van der Waals surface area contributed by atoms with Crippen LogP contribution in [0.25, 0.3) is 0 Å². The van der Waals surface area contributed by atoms with Crippen LogP contribution in [0.2, 0.25) is 0 Å². The third-order valence-corrected chi connectivity index (χ3v) is 1.92. The summed E-state index contributed by atoms with van der Waals surface area (Å²) in [7, 11) is 1.26. The van der Waals surface area contributed by atoms with E-state index in [4.69, 9.17) is 5.73 Å². The predicted octanol–water partition coefficient (Wildman–Crippen LogP) is -1.08. The van der Waals surface area contributed by atoms with Crippen LogP contribution < -0.4 is 5.73 Å². The molecule has 1 heterocycles. The first-order chi connectivity index (χ1) is 6.49. The van der Waals surface area contributed by atoms with Gasteiger partial charge in [-0.25, -0.2) is 4.79 Å². The highest BCUT2D eigenvalue weighted by Crippen LogP contribution is 2.10. The molecule has 0 saturated carbocycles. The maximum absolute atomic E-state index is 11.3. The first-order valence-corrected chi connectivity index (χ1v) is 3.99. The lowest BCUT2D eigenvalue weighted by atomic mass is 10.3. The summed E-state index contributed by atoms with van der Waals surface area (Å²) in [6.07, 6.45) is 0. The van der Waals surface area contributed by atoms with Crippen molar-refractivity contribution in [2.24, 2.45) is 5.73 Å². The van der Waals surface area contributed by atoms with Crippen molar-refractivity contribution in [1.29, 1.82) is 0 Å². The molecule has 0 bridgehead atoms. The Morgan fingerprint density at radius 3 is 2.29 bits per heavy atom. The minimum Gasteiger partial charge on any atom is -0.327 e. The molecule has 1 aliphatic rings. The lowest BCUT2D eigenvalue weighted by Gasteiger charge is -2.13. The van der Waals surface area contributed by atoms with Crippen molar-refractivity contribution in [3.05, 3.63) is 12.2 Å². The average Bonchev–Trinajstić information content (AvgIpc) is 2.35. The predicted molar refractivity (Wildman–Crippen MR) is 48.1 cm³/mol. The topological polar surface area (TPSA) is 83.7 Å². The molecule has 6 nitrogen and oxygen atoms in total. The lowest BCUT2D eigenvalue weighted by Crippen LogP contribution is -2.34. The Morgan fingerprint density at radius 2 is 1.93 bits per heavy atom. The van der Waals surface area contributed by atoms with Crippen LogP contribution in [0.4, 0.5) is 4.79 Å². The maximum atomic E-state index is 11.3. The lowest BCUT2D eigenvalue weighted by molar-refractivity contribution is -0.142. The highest BCUT2D eigenvalue weighted by Gasteiger charge is 2.41. The number of likely N-dealkylation sites (N-methyl/N-ethyl adjacent to an activating group) is 1. The third-order valence-electron chi connectivity index (χ3n) is 1.92. The molecule has 1 fully saturated rings. The van der Waals surface area contributed by atoms with Crippen molar-refractivity contribution in [1.82, 2.24) is 9.80 Å². The molecule has 0 spiro atoms. The standard InChI is InChI=1S/C8H11N3O3/c1-5(3-9)4-11-7(13)6(12)10(2)8(11)14/h1,3-4,9H2,2H3. The number of nitrogens with two attached hydrogens (primary N) is 1. The highest BCUT2D eigenvalue weighted by atomic mass is 16.2. The highest BCUT2D eigenvalue weighted by molar-refractivity contribution is 6.44. The molecule has 0 aromatic heterocycles. The molecule has 0 aliphatic carbocycles. The molecular weight excluding hydrogens is 186 g/mol. The summed E-state index contributed by atoms with van der Waals surface area (Å²) in [5.41, 5.74) is 5.79. The van der Waals surface area contributed by atoms with Gasteiger partial charge in [-0.15, -0.1) is 0 Å².